The van der Waals surface area contributed by atoms with E-state index in [2.05, 4.69) is 25.6 Å². The summed E-state index contributed by atoms with van der Waals surface area (Å²) in [5.41, 5.74) is 2.26. The molecule has 5 nitrogen and oxygen atoms in total. The fraction of sp³-hybridized carbons (Fsp3) is 0.500. The van der Waals surface area contributed by atoms with Gasteiger partial charge in [-0.2, -0.15) is 0 Å². The van der Waals surface area contributed by atoms with Gasteiger partial charge in [-0.3, -0.25) is 4.99 Å². The van der Waals surface area contributed by atoms with Gasteiger partial charge in [0, 0.05) is 57.1 Å². The molecule has 0 bridgehead atoms. The molecular weight excluding hydrogens is 330 g/mol. The van der Waals surface area contributed by atoms with E-state index in [1.807, 2.05) is 37.8 Å². The van der Waals surface area contributed by atoms with Gasteiger partial charge in [0.05, 0.1) is 16.6 Å². The van der Waals surface area contributed by atoms with Crippen LogP contribution in [0, 0.1) is 6.92 Å². The molecule has 23 heavy (non-hydrogen) atoms. The molecule has 2 aromatic rings. The molecule has 2 aromatic heterocycles. The van der Waals surface area contributed by atoms with E-state index in [-0.39, 0.29) is 0 Å². The van der Waals surface area contributed by atoms with Crippen molar-refractivity contribution < 1.29 is 0 Å². The van der Waals surface area contributed by atoms with Crippen LogP contribution in [0.1, 0.15) is 22.8 Å². The van der Waals surface area contributed by atoms with Crippen molar-refractivity contribution in [3.63, 3.8) is 0 Å². The third-order valence-electron chi connectivity index (χ3n) is 3.56. The van der Waals surface area contributed by atoms with E-state index in [0.29, 0.717) is 0 Å². The molecule has 0 amide bonds. The largest absolute Gasteiger partial charge is 0.356 e. The standard InChI is InChI=1S/C16H24ClN5S/c1-12-11-23-15(20-12)6-5-7-19-16(18-2)22(4)10-14-8-13(17)9-21(14)3/h8-9,11H,5-7,10H2,1-4H3,(H,18,19). The molecule has 2 rings (SSSR count). The Kier molecular flexibility index (Phi) is 6.47. The number of nitrogens with one attached hydrogen (secondary N) is 1. The Morgan fingerprint density at radius 1 is 1.52 bits per heavy atom. The van der Waals surface area contributed by atoms with Crippen molar-refractivity contribution in [2.75, 3.05) is 20.6 Å². The van der Waals surface area contributed by atoms with E-state index in [9.17, 15) is 0 Å². The van der Waals surface area contributed by atoms with Crippen molar-refractivity contribution in [3.8, 4) is 0 Å². The molecule has 0 aliphatic heterocycles. The molecule has 7 heteroatoms. The van der Waals surface area contributed by atoms with Gasteiger partial charge < -0.3 is 14.8 Å². The number of guanidine groups is 1. The number of halogens is 1. The summed E-state index contributed by atoms with van der Waals surface area (Å²) >= 11 is 7.77. The van der Waals surface area contributed by atoms with Gasteiger partial charge in [0.15, 0.2) is 5.96 Å². The van der Waals surface area contributed by atoms with Gasteiger partial charge in [-0.15, -0.1) is 11.3 Å². The first-order valence-electron chi connectivity index (χ1n) is 7.63. The van der Waals surface area contributed by atoms with E-state index in [1.165, 1.54) is 5.01 Å². The van der Waals surface area contributed by atoms with Gasteiger partial charge in [-0.05, 0) is 19.4 Å². The number of aliphatic imine (C=N–C) groups is 1. The molecule has 0 saturated heterocycles. The van der Waals surface area contributed by atoms with Crippen LogP contribution >= 0.6 is 22.9 Å². The smallest absolute Gasteiger partial charge is 0.193 e. The molecule has 1 N–H and O–H groups in total. The highest BCUT2D eigenvalue weighted by molar-refractivity contribution is 7.09. The van der Waals surface area contributed by atoms with Crippen LogP contribution in [0.4, 0.5) is 0 Å². The van der Waals surface area contributed by atoms with Crippen molar-refractivity contribution in [2.24, 2.45) is 12.0 Å². The number of hydrogen-bond donors (Lipinski definition) is 1. The summed E-state index contributed by atoms with van der Waals surface area (Å²) < 4.78 is 2.04. The summed E-state index contributed by atoms with van der Waals surface area (Å²) in [7, 11) is 5.84. The number of thiazole rings is 1. The van der Waals surface area contributed by atoms with E-state index < -0.39 is 0 Å². The molecule has 126 valence electrons. The van der Waals surface area contributed by atoms with Crippen LogP contribution in [0.5, 0.6) is 0 Å². The van der Waals surface area contributed by atoms with Crippen LogP contribution in [0.3, 0.4) is 0 Å². The lowest BCUT2D eigenvalue weighted by molar-refractivity contribution is 0.461. The fourth-order valence-electron chi connectivity index (χ4n) is 2.38. The lowest BCUT2D eigenvalue weighted by Gasteiger charge is -2.22. The third-order valence-corrected chi connectivity index (χ3v) is 4.80. The minimum atomic E-state index is 0.759. The second-order valence-corrected chi connectivity index (χ2v) is 6.96. The summed E-state index contributed by atoms with van der Waals surface area (Å²) in [6, 6.07) is 1.98. The molecule has 2 heterocycles. The Labute approximate surface area is 147 Å². The van der Waals surface area contributed by atoms with Crippen LogP contribution in [0.25, 0.3) is 0 Å². The highest BCUT2D eigenvalue weighted by Crippen LogP contribution is 2.14. The first-order valence-corrected chi connectivity index (χ1v) is 8.89. The fourth-order valence-corrected chi connectivity index (χ4v) is 3.47. The number of aromatic nitrogens is 2. The molecule has 0 radical (unpaired) electrons. The van der Waals surface area contributed by atoms with Crippen molar-refractivity contribution >= 4 is 28.9 Å². The van der Waals surface area contributed by atoms with E-state index in [0.717, 1.165) is 48.3 Å². The Morgan fingerprint density at radius 3 is 2.87 bits per heavy atom. The maximum Gasteiger partial charge on any atom is 0.193 e. The summed E-state index contributed by atoms with van der Waals surface area (Å²) in [5.74, 6) is 0.887. The third kappa shape index (κ3) is 5.25. The van der Waals surface area contributed by atoms with Crippen LogP contribution < -0.4 is 5.32 Å². The van der Waals surface area contributed by atoms with E-state index in [4.69, 9.17) is 11.6 Å². The average molecular weight is 354 g/mol. The Balaban J connectivity index is 1.79. The molecular formula is C16H24ClN5S. The normalized spacial score (nSPS) is 11.8. The first kappa shape index (κ1) is 17.8. The molecule has 0 atom stereocenters. The molecule has 0 spiro atoms. The Morgan fingerprint density at radius 2 is 2.30 bits per heavy atom. The zero-order valence-electron chi connectivity index (χ0n) is 14.1. The van der Waals surface area contributed by atoms with Crippen LogP contribution in [0.2, 0.25) is 5.02 Å². The number of rotatable bonds is 6. The highest BCUT2D eigenvalue weighted by atomic mass is 35.5. The van der Waals surface area contributed by atoms with Crippen molar-refractivity contribution in [2.45, 2.75) is 26.3 Å². The lowest BCUT2D eigenvalue weighted by atomic mass is 10.3. The number of nitrogens with zero attached hydrogens (tertiary/aromatic N) is 4. The topological polar surface area (TPSA) is 45.5 Å². The van der Waals surface area contributed by atoms with Crippen LogP contribution in [-0.2, 0) is 20.0 Å². The minimum Gasteiger partial charge on any atom is -0.356 e. The molecule has 0 aliphatic carbocycles. The maximum atomic E-state index is 6.03. The monoisotopic (exact) mass is 353 g/mol. The average Bonchev–Trinajstić information content (AvgIpc) is 3.04. The first-order chi connectivity index (χ1) is 11.0. The predicted molar refractivity (Wildman–Crippen MR) is 98.4 cm³/mol. The van der Waals surface area contributed by atoms with E-state index in [1.54, 1.807) is 18.4 Å². The Hall–Kier alpha value is -1.53. The van der Waals surface area contributed by atoms with Crippen molar-refractivity contribution in [1.82, 2.24) is 19.8 Å². The van der Waals surface area contributed by atoms with Gasteiger partial charge >= 0.3 is 0 Å². The minimum absolute atomic E-state index is 0.759. The van der Waals surface area contributed by atoms with Gasteiger partial charge in [0.25, 0.3) is 0 Å². The van der Waals surface area contributed by atoms with Gasteiger partial charge in [-0.25, -0.2) is 4.98 Å². The molecule has 0 unspecified atom stereocenters. The SMILES string of the molecule is CN=C(NCCCc1nc(C)cs1)N(C)Cc1cc(Cl)cn1C. The molecule has 0 aliphatic rings. The zero-order valence-corrected chi connectivity index (χ0v) is 15.7. The highest BCUT2D eigenvalue weighted by Gasteiger charge is 2.09. The Bertz CT molecular complexity index is 661. The van der Waals surface area contributed by atoms with E-state index >= 15 is 0 Å². The predicted octanol–water partition coefficient (Wildman–Crippen LogP) is 3.08. The lowest BCUT2D eigenvalue weighted by Crippen LogP contribution is -2.39. The van der Waals surface area contributed by atoms with Gasteiger partial charge in [0.2, 0.25) is 0 Å². The molecule has 0 fully saturated rings. The van der Waals surface area contributed by atoms with Gasteiger partial charge in [0.1, 0.15) is 0 Å². The number of aryl methyl sites for hydroxylation is 3. The van der Waals surface area contributed by atoms with Gasteiger partial charge in [-0.1, -0.05) is 11.6 Å². The summed E-state index contributed by atoms with van der Waals surface area (Å²) in [6.07, 6.45) is 3.95. The second-order valence-electron chi connectivity index (χ2n) is 5.58. The van der Waals surface area contributed by atoms with Crippen molar-refractivity contribution in [3.05, 3.63) is 39.1 Å². The summed E-state index contributed by atoms with van der Waals surface area (Å²) in [5, 5.41) is 7.46. The zero-order chi connectivity index (χ0) is 16.8. The molecule has 0 aromatic carbocycles. The quantitative estimate of drug-likeness (QED) is 0.493. The number of hydrogen-bond acceptors (Lipinski definition) is 3. The maximum absolute atomic E-state index is 6.03. The second kappa shape index (κ2) is 8.36. The summed E-state index contributed by atoms with van der Waals surface area (Å²) in [4.78, 5) is 10.9. The summed E-state index contributed by atoms with van der Waals surface area (Å²) in [6.45, 7) is 3.67. The van der Waals surface area contributed by atoms with Crippen molar-refractivity contribution in [1.29, 1.82) is 0 Å². The van der Waals surface area contributed by atoms with Crippen LogP contribution in [-0.4, -0.2) is 41.1 Å². The molecule has 0 saturated carbocycles. The van der Waals surface area contributed by atoms with Crippen LogP contribution in [0.15, 0.2) is 22.6 Å².